The Morgan fingerprint density at radius 3 is 2.72 bits per heavy atom. The molecule has 0 bridgehead atoms. The van der Waals surface area contributed by atoms with Gasteiger partial charge in [0.25, 0.3) is 0 Å². The number of hydrogen-bond acceptors (Lipinski definition) is 10. The van der Waals surface area contributed by atoms with Gasteiger partial charge in [-0.05, 0) is 61.3 Å². The van der Waals surface area contributed by atoms with Crippen molar-refractivity contribution in [2.45, 2.75) is 17.9 Å². The predicted octanol–water partition coefficient (Wildman–Crippen LogP) is 3.91. The molecule has 3 heterocycles. The van der Waals surface area contributed by atoms with Crippen LogP contribution in [-0.4, -0.2) is 69.7 Å². The number of hydrogen-bond donors (Lipinski definition) is 2. The molecule has 1 amide bonds. The first-order valence-electron chi connectivity index (χ1n) is 12.3. The van der Waals surface area contributed by atoms with Crippen molar-refractivity contribution in [1.29, 1.82) is 0 Å². The lowest BCUT2D eigenvalue weighted by Gasteiger charge is -2.21. The fourth-order valence-electron chi connectivity index (χ4n) is 4.65. The Morgan fingerprint density at radius 2 is 1.97 bits per heavy atom. The number of sulfone groups is 1. The molecule has 2 aromatic carbocycles. The number of ether oxygens (including phenoxy) is 1. The van der Waals surface area contributed by atoms with Crippen LogP contribution in [0.5, 0.6) is 5.75 Å². The van der Waals surface area contributed by atoms with Gasteiger partial charge in [0, 0.05) is 25.0 Å². The summed E-state index contributed by atoms with van der Waals surface area (Å²) in [5.41, 5.74) is 3.94. The van der Waals surface area contributed by atoms with Crippen LogP contribution in [-0.2, 0) is 27.6 Å². The number of likely N-dealkylation sites (N-methyl/N-ethyl adjacent to an activating group) is 1. The van der Waals surface area contributed by atoms with Gasteiger partial charge < -0.3 is 25.2 Å². The summed E-state index contributed by atoms with van der Waals surface area (Å²) in [6, 6.07) is 12.7. The van der Waals surface area contributed by atoms with E-state index in [1.807, 2.05) is 48.6 Å². The Morgan fingerprint density at radius 1 is 1.18 bits per heavy atom. The van der Waals surface area contributed by atoms with Crippen LogP contribution in [0.25, 0.3) is 10.2 Å². The third kappa shape index (κ3) is 5.68. The van der Waals surface area contributed by atoms with E-state index in [1.165, 1.54) is 17.6 Å². The number of nitrogens with zero attached hydrogens (tertiary/aromatic N) is 4. The monoisotopic (exact) mass is 566 g/mol. The number of carbonyl (C=O) groups excluding carboxylic acids is 1. The highest BCUT2D eigenvalue weighted by molar-refractivity contribution is 7.90. The van der Waals surface area contributed by atoms with Gasteiger partial charge in [-0.15, -0.1) is 11.3 Å². The van der Waals surface area contributed by atoms with Crippen LogP contribution in [0.4, 0.5) is 23.1 Å². The Kier molecular flexibility index (Phi) is 7.43. The van der Waals surface area contributed by atoms with Crippen molar-refractivity contribution in [3.05, 3.63) is 59.0 Å². The molecule has 2 aromatic heterocycles. The molecule has 5 rings (SSSR count). The van der Waals surface area contributed by atoms with E-state index in [9.17, 15) is 13.2 Å². The Balaban J connectivity index is 1.46. The first kappa shape index (κ1) is 26.9. The third-order valence-corrected chi connectivity index (χ3v) is 8.52. The van der Waals surface area contributed by atoms with Crippen LogP contribution in [0.2, 0.25) is 0 Å². The van der Waals surface area contributed by atoms with E-state index < -0.39 is 9.84 Å². The van der Waals surface area contributed by atoms with Crippen molar-refractivity contribution in [1.82, 2.24) is 14.9 Å². The van der Waals surface area contributed by atoms with Crippen LogP contribution >= 0.6 is 11.3 Å². The number of carbonyl (C=O) groups is 1. The molecule has 204 valence electrons. The molecule has 0 saturated heterocycles. The lowest BCUT2D eigenvalue weighted by atomic mass is 10.1. The quantitative estimate of drug-likeness (QED) is 0.311. The van der Waals surface area contributed by atoms with E-state index >= 15 is 0 Å². The van der Waals surface area contributed by atoms with Crippen molar-refractivity contribution >= 4 is 60.4 Å². The molecule has 0 saturated carbocycles. The highest BCUT2D eigenvalue weighted by Gasteiger charge is 2.27. The van der Waals surface area contributed by atoms with Crippen molar-refractivity contribution in [2.75, 3.05) is 56.1 Å². The van der Waals surface area contributed by atoms with Crippen LogP contribution in [0.15, 0.2) is 52.7 Å². The smallest absolute Gasteiger partial charge is 0.241 e. The maximum Gasteiger partial charge on any atom is 0.241 e. The summed E-state index contributed by atoms with van der Waals surface area (Å²) < 4.78 is 31.0. The summed E-state index contributed by atoms with van der Waals surface area (Å²) in [7, 11) is 1.98. The number of anilines is 4. The maximum absolute atomic E-state index is 12.8. The fraction of sp³-hybridized carbons (Fsp3) is 0.296. The number of fused-ring (bicyclic) bond motifs is 2. The summed E-state index contributed by atoms with van der Waals surface area (Å²) in [6.07, 6.45) is 1.96. The number of thiophene rings is 1. The second-order valence-corrected chi connectivity index (χ2v) is 12.5. The molecule has 4 aromatic rings. The molecule has 0 fully saturated rings. The van der Waals surface area contributed by atoms with Crippen LogP contribution in [0, 0.1) is 0 Å². The minimum atomic E-state index is -3.38. The molecular weight excluding hydrogens is 536 g/mol. The molecule has 0 unspecified atom stereocenters. The molecule has 1 aliphatic heterocycles. The molecule has 10 nitrogen and oxygen atoms in total. The highest BCUT2D eigenvalue weighted by atomic mass is 32.2. The van der Waals surface area contributed by atoms with E-state index in [1.54, 1.807) is 30.2 Å². The number of benzene rings is 2. The summed E-state index contributed by atoms with van der Waals surface area (Å²) in [5.74, 6) is 1.60. The van der Waals surface area contributed by atoms with Gasteiger partial charge in [0.1, 0.15) is 11.6 Å². The molecule has 0 aliphatic carbocycles. The van der Waals surface area contributed by atoms with E-state index in [2.05, 4.69) is 15.6 Å². The van der Waals surface area contributed by atoms with Gasteiger partial charge >= 0.3 is 0 Å². The van der Waals surface area contributed by atoms with Gasteiger partial charge in [0.2, 0.25) is 11.9 Å². The normalized spacial score (nSPS) is 13.1. The third-order valence-electron chi connectivity index (χ3n) is 6.42. The van der Waals surface area contributed by atoms with Gasteiger partial charge in [-0.3, -0.25) is 4.79 Å². The van der Waals surface area contributed by atoms with Gasteiger partial charge in [0.05, 0.1) is 34.5 Å². The zero-order chi connectivity index (χ0) is 27.7. The number of methoxy groups -OCH3 is 1. The minimum absolute atomic E-state index is 0.0340. The zero-order valence-corrected chi connectivity index (χ0v) is 23.8. The van der Waals surface area contributed by atoms with Crippen molar-refractivity contribution < 1.29 is 17.9 Å². The highest BCUT2D eigenvalue weighted by Crippen LogP contribution is 2.39. The molecule has 0 atom stereocenters. The molecule has 0 spiro atoms. The van der Waals surface area contributed by atoms with Crippen molar-refractivity contribution in [3.63, 3.8) is 0 Å². The van der Waals surface area contributed by atoms with Gasteiger partial charge in [-0.1, -0.05) is 18.2 Å². The van der Waals surface area contributed by atoms with Gasteiger partial charge in [-0.2, -0.15) is 4.98 Å². The standard InChI is InChI=1S/C27H30N6O4S2/c1-32(2)16-24(34)33-11-9-17-13-22(37-3)20(14-21(17)33)30-27-29-19-10-12-38-25(19)26(31-27)28-15-18-7-5-6-8-23(18)39(4,35)36/h5-8,10,12-14H,9,11,15-16H2,1-4H3,(H2,28,29,30,31). The molecule has 2 N–H and O–H groups in total. The number of nitrogens with one attached hydrogen (secondary N) is 2. The summed E-state index contributed by atoms with van der Waals surface area (Å²) in [4.78, 5) is 26.2. The number of amides is 1. The number of aromatic nitrogens is 2. The number of rotatable bonds is 9. The average Bonchev–Trinajstić information content (AvgIpc) is 3.53. The lowest BCUT2D eigenvalue weighted by Crippen LogP contribution is -2.36. The minimum Gasteiger partial charge on any atom is -0.495 e. The van der Waals surface area contributed by atoms with E-state index in [0.29, 0.717) is 41.9 Å². The topological polar surface area (TPSA) is 117 Å². The van der Waals surface area contributed by atoms with Crippen molar-refractivity contribution in [2.24, 2.45) is 0 Å². The molecular formula is C27H30N6O4S2. The van der Waals surface area contributed by atoms with Gasteiger partial charge in [-0.25, -0.2) is 13.4 Å². The molecule has 1 aliphatic rings. The summed E-state index contributed by atoms with van der Waals surface area (Å²) >= 11 is 1.50. The van der Waals surface area contributed by atoms with E-state index in [0.717, 1.165) is 27.9 Å². The lowest BCUT2D eigenvalue weighted by molar-refractivity contribution is -0.119. The summed E-state index contributed by atoms with van der Waals surface area (Å²) in [5, 5.41) is 8.52. The Labute approximate surface area is 231 Å². The Bertz CT molecular complexity index is 1650. The fourth-order valence-corrected chi connectivity index (χ4v) is 6.39. The van der Waals surface area contributed by atoms with E-state index in [4.69, 9.17) is 9.72 Å². The molecule has 0 radical (unpaired) electrons. The van der Waals surface area contributed by atoms with Gasteiger partial charge in [0.15, 0.2) is 9.84 Å². The van der Waals surface area contributed by atoms with Crippen LogP contribution in [0.1, 0.15) is 11.1 Å². The first-order valence-corrected chi connectivity index (χ1v) is 15.1. The van der Waals surface area contributed by atoms with Crippen LogP contribution < -0.4 is 20.3 Å². The SMILES string of the molecule is COc1cc2c(cc1Nc1nc(NCc3ccccc3S(C)(=O)=O)c3sccc3n1)N(C(=O)CN(C)C)CC2. The molecule has 39 heavy (non-hydrogen) atoms. The second-order valence-electron chi connectivity index (χ2n) is 9.60. The van der Waals surface area contributed by atoms with E-state index in [-0.39, 0.29) is 17.3 Å². The first-order chi connectivity index (χ1) is 18.6. The largest absolute Gasteiger partial charge is 0.495 e. The predicted molar refractivity (Wildman–Crippen MR) is 155 cm³/mol. The maximum atomic E-state index is 12.8. The van der Waals surface area contributed by atoms with Crippen LogP contribution in [0.3, 0.4) is 0 Å². The second kappa shape index (κ2) is 10.8. The summed E-state index contributed by atoms with van der Waals surface area (Å²) in [6.45, 7) is 1.22. The Hall–Kier alpha value is -3.74. The molecule has 12 heteroatoms. The average molecular weight is 567 g/mol. The zero-order valence-electron chi connectivity index (χ0n) is 22.2. The van der Waals surface area contributed by atoms with Crippen molar-refractivity contribution in [3.8, 4) is 5.75 Å².